The number of hydrogen-bond acceptors (Lipinski definition) is 3. The Morgan fingerprint density at radius 2 is 1.48 bits per heavy atom. The fraction of sp³-hybridized carbons (Fsp3) is 0. The normalized spacial score (nSPS) is 10.1. The molecule has 1 amide bonds. The van der Waals surface area contributed by atoms with Crippen molar-refractivity contribution in [1.82, 2.24) is 0 Å². The first kappa shape index (κ1) is 16.7. The van der Waals surface area contributed by atoms with E-state index in [4.69, 9.17) is 16.3 Å². The zero-order chi connectivity index (χ0) is 17.6. The van der Waals surface area contributed by atoms with Gasteiger partial charge in [-0.05, 0) is 42.5 Å². The number of carbonyl (C=O) groups excluding carboxylic acids is 2. The van der Waals surface area contributed by atoms with Crippen molar-refractivity contribution in [3.05, 3.63) is 95.0 Å². The van der Waals surface area contributed by atoms with Gasteiger partial charge in [0, 0.05) is 11.3 Å². The molecule has 0 aliphatic carbocycles. The maximum atomic E-state index is 12.2. The first-order valence-electron chi connectivity index (χ1n) is 7.56. The number of anilines is 1. The second-order valence-corrected chi connectivity index (χ2v) is 5.62. The Morgan fingerprint density at radius 1 is 0.840 bits per heavy atom. The van der Waals surface area contributed by atoms with E-state index in [0.29, 0.717) is 17.0 Å². The maximum absolute atomic E-state index is 12.2. The van der Waals surface area contributed by atoms with Crippen LogP contribution in [0.25, 0.3) is 0 Å². The summed E-state index contributed by atoms with van der Waals surface area (Å²) in [7, 11) is 0. The highest BCUT2D eigenvalue weighted by Gasteiger charge is 2.14. The summed E-state index contributed by atoms with van der Waals surface area (Å²) in [6.45, 7) is 0. The monoisotopic (exact) mass is 351 g/mol. The molecule has 0 unspecified atom stereocenters. The lowest BCUT2D eigenvalue weighted by atomic mass is 10.2. The molecule has 0 aromatic heterocycles. The highest BCUT2D eigenvalue weighted by Crippen LogP contribution is 2.23. The third-order valence-corrected chi connectivity index (χ3v) is 3.75. The maximum Gasteiger partial charge on any atom is 0.345 e. The Morgan fingerprint density at radius 3 is 2.12 bits per heavy atom. The van der Waals surface area contributed by atoms with Crippen LogP contribution >= 0.6 is 11.6 Å². The van der Waals surface area contributed by atoms with Crippen LogP contribution in [-0.2, 0) is 0 Å². The molecule has 4 nitrogen and oxygen atoms in total. The molecular weight excluding hydrogens is 338 g/mol. The molecule has 3 aromatic rings. The number of carbonyl (C=O) groups is 2. The predicted molar refractivity (Wildman–Crippen MR) is 97.2 cm³/mol. The minimum Gasteiger partial charge on any atom is -0.423 e. The average Bonchev–Trinajstić information content (AvgIpc) is 2.63. The second-order valence-electron chi connectivity index (χ2n) is 5.22. The molecule has 3 aromatic carbocycles. The van der Waals surface area contributed by atoms with Crippen LogP contribution in [0, 0.1) is 0 Å². The average molecular weight is 352 g/mol. The summed E-state index contributed by atoms with van der Waals surface area (Å²) in [6.07, 6.45) is 0. The van der Waals surface area contributed by atoms with Crippen LogP contribution in [-0.4, -0.2) is 11.9 Å². The summed E-state index contributed by atoms with van der Waals surface area (Å²) < 4.78 is 5.26. The van der Waals surface area contributed by atoms with E-state index in [2.05, 4.69) is 5.32 Å². The molecule has 25 heavy (non-hydrogen) atoms. The first-order chi connectivity index (χ1) is 12.1. The number of esters is 1. The molecule has 1 N–H and O–H groups in total. The number of halogens is 1. The van der Waals surface area contributed by atoms with Crippen LogP contribution in [0.5, 0.6) is 5.75 Å². The number of rotatable bonds is 4. The Balaban J connectivity index is 1.72. The molecule has 0 saturated heterocycles. The van der Waals surface area contributed by atoms with Crippen molar-refractivity contribution < 1.29 is 14.3 Å². The Kier molecular flexibility index (Phi) is 5.11. The summed E-state index contributed by atoms with van der Waals surface area (Å²) >= 11 is 6.17. The number of ether oxygens (including phenoxy) is 1. The summed E-state index contributed by atoms with van der Waals surface area (Å²) in [5.41, 5.74) is 1.25. The van der Waals surface area contributed by atoms with Crippen molar-refractivity contribution in [3.63, 3.8) is 0 Å². The van der Waals surface area contributed by atoms with Gasteiger partial charge < -0.3 is 10.1 Å². The van der Waals surface area contributed by atoms with Crippen LogP contribution in [0.1, 0.15) is 20.7 Å². The van der Waals surface area contributed by atoms with Crippen molar-refractivity contribution >= 4 is 29.2 Å². The van der Waals surface area contributed by atoms with Gasteiger partial charge in [0.15, 0.2) is 0 Å². The van der Waals surface area contributed by atoms with Crippen molar-refractivity contribution in [2.75, 3.05) is 5.32 Å². The number of amides is 1. The zero-order valence-electron chi connectivity index (χ0n) is 13.1. The van der Waals surface area contributed by atoms with Gasteiger partial charge in [-0.3, -0.25) is 4.79 Å². The van der Waals surface area contributed by atoms with E-state index < -0.39 is 5.97 Å². The molecule has 0 saturated carbocycles. The van der Waals surface area contributed by atoms with Crippen molar-refractivity contribution in [2.24, 2.45) is 0 Å². The van der Waals surface area contributed by atoms with Crippen molar-refractivity contribution in [3.8, 4) is 5.75 Å². The van der Waals surface area contributed by atoms with E-state index in [9.17, 15) is 9.59 Å². The molecule has 0 spiro atoms. The van der Waals surface area contributed by atoms with Gasteiger partial charge in [0.05, 0.1) is 10.6 Å². The third kappa shape index (κ3) is 4.25. The summed E-state index contributed by atoms with van der Waals surface area (Å²) in [4.78, 5) is 24.3. The highest BCUT2D eigenvalue weighted by atomic mass is 35.5. The molecule has 5 heteroatoms. The Labute approximate surface area is 150 Å². The van der Waals surface area contributed by atoms with E-state index in [0.717, 1.165) is 0 Å². The molecule has 0 aliphatic rings. The number of benzene rings is 3. The smallest absolute Gasteiger partial charge is 0.345 e. The number of para-hydroxylation sites is 1. The third-order valence-electron chi connectivity index (χ3n) is 3.44. The lowest BCUT2D eigenvalue weighted by Gasteiger charge is -2.09. The van der Waals surface area contributed by atoms with Crippen LogP contribution in [0.3, 0.4) is 0 Å². The summed E-state index contributed by atoms with van der Waals surface area (Å²) in [5, 5.41) is 2.94. The topological polar surface area (TPSA) is 55.4 Å². The number of nitrogens with one attached hydrogen (secondary N) is 1. The van der Waals surface area contributed by atoms with E-state index in [-0.39, 0.29) is 16.5 Å². The Hall–Kier alpha value is -3.11. The van der Waals surface area contributed by atoms with Gasteiger partial charge in [-0.1, -0.05) is 48.0 Å². The standard InChI is InChI=1S/C20H14ClNO3/c21-18-13-15(22-19(23)14-7-3-1-4-8-14)11-12-17(18)20(24)25-16-9-5-2-6-10-16/h1-13H,(H,22,23). The van der Waals surface area contributed by atoms with Gasteiger partial charge in [0.2, 0.25) is 0 Å². The molecule has 0 radical (unpaired) electrons. The molecule has 0 aliphatic heterocycles. The largest absolute Gasteiger partial charge is 0.423 e. The van der Waals surface area contributed by atoms with E-state index in [1.807, 2.05) is 12.1 Å². The van der Waals surface area contributed by atoms with E-state index in [1.54, 1.807) is 54.6 Å². The molecule has 0 heterocycles. The summed E-state index contributed by atoms with van der Waals surface area (Å²) in [6, 6.07) is 22.2. The van der Waals surface area contributed by atoms with Crippen LogP contribution < -0.4 is 10.1 Å². The van der Waals surface area contributed by atoms with Gasteiger partial charge in [-0.15, -0.1) is 0 Å². The molecular formula is C20H14ClNO3. The van der Waals surface area contributed by atoms with Crippen molar-refractivity contribution in [2.45, 2.75) is 0 Å². The quantitative estimate of drug-likeness (QED) is 0.542. The summed E-state index contributed by atoms with van der Waals surface area (Å²) in [5.74, 6) is -0.376. The second kappa shape index (κ2) is 7.64. The van der Waals surface area contributed by atoms with Gasteiger partial charge in [-0.25, -0.2) is 4.79 Å². The first-order valence-corrected chi connectivity index (χ1v) is 7.94. The SMILES string of the molecule is O=C(Nc1ccc(C(=O)Oc2ccccc2)c(Cl)c1)c1ccccc1. The number of hydrogen-bond donors (Lipinski definition) is 1. The van der Waals surface area contributed by atoms with E-state index >= 15 is 0 Å². The molecule has 0 atom stereocenters. The van der Waals surface area contributed by atoms with Crippen LogP contribution in [0.2, 0.25) is 5.02 Å². The minimum atomic E-state index is -0.558. The van der Waals surface area contributed by atoms with Gasteiger partial charge >= 0.3 is 5.97 Å². The van der Waals surface area contributed by atoms with Gasteiger partial charge in [0.1, 0.15) is 5.75 Å². The highest BCUT2D eigenvalue weighted by molar-refractivity contribution is 6.34. The van der Waals surface area contributed by atoms with E-state index in [1.165, 1.54) is 12.1 Å². The molecule has 0 fully saturated rings. The molecule has 124 valence electrons. The lowest BCUT2D eigenvalue weighted by molar-refractivity contribution is 0.0735. The predicted octanol–water partition coefficient (Wildman–Crippen LogP) is 4.81. The minimum absolute atomic E-state index is 0.201. The molecule has 3 rings (SSSR count). The lowest BCUT2D eigenvalue weighted by Crippen LogP contribution is -2.13. The van der Waals surface area contributed by atoms with Crippen LogP contribution in [0.15, 0.2) is 78.9 Å². The Bertz CT molecular complexity index is 895. The van der Waals surface area contributed by atoms with Crippen LogP contribution in [0.4, 0.5) is 5.69 Å². The zero-order valence-corrected chi connectivity index (χ0v) is 13.9. The fourth-order valence-electron chi connectivity index (χ4n) is 2.20. The molecule has 0 bridgehead atoms. The van der Waals surface area contributed by atoms with Gasteiger partial charge in [0.25, 0.3) is 5.91 Å². The van der Waals surface area contributed by atoms with Gasteiger partial charge in [-0.2, -0.15) is 0 Å². The fourth-order valence-corrected chi connectivity index (χ4v) is 2.46. The van der Waals surface area contributed by atoms with Crippen molar-refractivity contribution in [1.29, 1.82) is 0 Å².